The van der Waals surface area contributed by atoms with E-state index in [1.54, 1.807) is 4.57 Å². The molecule has 2 aromatic carbocycles. The van der Waals surface area contributed by atoms with Crippen LogP contribution >= 0.6 is 0 Å². The van der Waals surface area contributed by atoms with Crippen molar-refractivity contribution in [2.24, 2.45) is 0 Å². The third-order valence-electron chi connectivity index (χ3n) is 6.55. The van der Waals surface area contributed by atoms with E-state index >= 15 is 0 Å². The number of aromatic nitrogens is 2. The van der Waals surface area contributed by atoms with Gasteiger partial charge in [0.05, 0.1) is 11.0 Å². The first-order valence-electron chi connectivity index (χ1n) is 12.0. The average Bonchev–Trinajstić information content (AvgIpc) is 3.11. The average molecular weight is 447 g/mol. The molecule has 174 valence electrons. The number of nitrogens with zero attached hydrogens (tertiary/aromatic N) is 4. The highest BCUT2D eigenvalue weighted by molar-refractivity contribution is 5.93. The molecular weight excluding hydrogens is 412 g/mol. The number of anilines is 1. The molecule has 2 heterocycles. The van der Waals surface area contributed by atoms with Gasteiger partial charge in [-0.15, -0.1) is 0 Å². The number of amides is 1. The van der Waals surface area contributed by atoms with E-state index in [4.69, 9.17) is 0 Å². The van der Waals surface area contributed by atoms with Gasteiger partial charge in [0.25, 0.3) is 0 Å². The molecule has 3 aromatic rings. The fraction of sp³-hybridized carbons (Fsp3) is 0.407. The Kier molecular flexibility index (Phi) is 7.14. The highest BCUT2D eigenvalue weighted by Crippen LogP contribution is 2.25. The van der Waals surface area contributed by atoms with Gasteiger partial charge in [0.1, 0.15) is 0 Å². The minimum atomic E-state index is -0.0287. The second-order valence-electron chi connectivity index (χ2n) is 8.92. The number of carbonyl (C=O) groups is 1. The normalized spacial score (nSPS) is 15.1. The molecule has 1 aromatic heterocycles. The summed E-state index contributed by atoms with van der Waals surface area (Å²) in [5.74, 6) is 0.210. The minimum absolute atomic E-state index is 0.0287. The van der Waals surface area contributed by atoms with E-state index in [9.17, 15) is 9.59 Å². The Morgan fingerprint density at radius 1 is 1.00 bits per heavy atom. The number of benzene rings is 2. The van der Waals surface area contributed by atoms with E-state index in [0.29, 0.717) is 13.0 Å². The second-order valence-corrected chi connectivity index (χ2v) is 8.92. The van der Waals surface area contributed by atoms with Crippen molar-refractivity contribution in [3.8, 4) is 0 Å². The molecule has 1 saturated heterocycles. The summed E-state index contributed by atoms with van der Waals surface area (Å²) in [6.45, 7) is 11.2. The van der Waals surface area contributed by atoms with E-state index in [1.165, 1.54) is 0 Å². The first kappa shape index (κ1) is 23.1. The summed E-state index contributed by atoms with van der Waals surface area (Å²) < 4.78 is 3.55. The molecule has 0 N–H and O–H groups in total. The molecule has 4 rings (SSSR count). The lowest BCUT2D eigenvalue weighted by molar-refractivity contribution is -0.119. The number of allylic oxidation sites excluding steroid dienone is 1. The highest BCUT2D eigenvalue weighted by atomic mass is 16.2. The lowest BCUT2D eigenvalue weighted by Gasteiger charge is -2.38. The van der Waals surface area contributed by atoms with Gasteiger partial charge in [0.15, 0.2) is 0 Å². The molecular formula is C27H34N4O2. The van der Waals surface area contributed by atoms with Crippen molar-refractivity contribution >= 4 is 28.3 Å². The summed E-state index contributed by atoms with van der Waals surface area (Å²) in [5.41, 5.74) is 3.54. The van der Waals surface area contributed by atoms with Gasteiger partial charge in [-0.1, -0.05) is 43.8 Å². The molecule has 0 atom stereocenters. The van der Waals surface area contributed by atoms with Crippen LogP contribution in [0.2, 0.25) is 0 Å². The number of hydrogen-bond acceptors (Lipinski definition) is 3. The van der Waals surface area contributed by atoms with Gasteiger partial charge >= 0.3 is 5.69 Å². The number of hydrogen-bond donors (Lipinski definition) is 0. The predicted molar refractivity (Wildman–Crippen MR) is 135 cm³/mol. The van der Waals surface area contributed by atoms with Gasteiger partial charge < -0.3 is 9.80 Å². The molecule has 0 radical (unpaired) electrons. The molecule has 6 nitrogen and oxygen atoms in total. The monoisotopic (exact) mass is 446 g/mol. The maximum Gasteiger partial charge on any atom is 0.333 e. The van der Waals surface area contributed by atoms with Crippen LogP contribution in [0.15, 0.2) is 66.0 Å². The number of para-hydroxylation sites is 3. The zero-order valence-corrected chi connectivity index (χ0v) is 19.7. The first-order chi connectivity index (χ1) is 16.0. The van der Waals surface area contributed by atoms with Gasteiger partial charge in [-0.25, -0.2) is 4.79 Å². The van der Waals surface area contributed by atoms with Crippen LogP contribution in [0.3, 0.4) is 0 Å². The number of fused-ring (bicyclic) bond motifs is 1. The molecule has 0 saturated carbocycles. The summed E-state index contributed by atoms with van der Waals surface area (Å²) in [5, 5.41) is 0. The summed E-state index contributed by atoms with van der Waals surface area (Å²) in [6, 6.07) is 18.2. The van der Waals surface area contributed by atoms with Crippen LogP contribution in [0.4, 0.5) is 5.69 Å². The van der Waals surface area contributed by atoms with Crippen LogP contribution in [-0.2, 0) is 11.3 Å². The van der Waals surface area contributed by atoms with Crippen LogP contribution in [0.1, 0.15) is 39.5 Å². The SMILES string of the molecule is C=C(C)n1c(=O)n(CCN2CCC(N(C(=O)CCC)c3ccccc3)CC2)c2ccccc21. The topological polar surface area (TPSA) is 50.5 Å². The number of imidazole rings is 1. The van der Waals surface area contributed by atoms with Crippen LogP contribution in [0.25, 0.3) is 16.7 Å². The Labute approximate surface area is 195 Å². The smallest absolute Gasteiger partial charge is 0.309 e. The molecule has 0 aliphatic carbocycles. The van der Waals surface area contributed by atoms with Gasteiger partial charge in [-0.05, 0) is 50.5 Å². The minimum Gasteiger partial charge on any atom is -0.309 e. The van der Waals surface area contributed by atoms with Crippen molar-refractivity contribution in [3.63, 3.8) is 0 Å². The molecule has 0 spiro atoms. The fourth-order valence-electron chi connectivity index (χ4n) is 4.92. The lowest BCUT2D eigenvalue weighted by Crippen LogP contribution is -2.48. The molecule has 6 heteroatoms. The summed E-state index contributed by atoms with van der Waals surface area (Å²) >= 11 is 0. The number of carbonyl (C=O) groups excluding carboxylic acids is 1. The van der Waals surface area contributed by atoms with Crippen LogP contribution in [0.5, 0.6) is 0 Å². The highest BCUT2D eigenvalue weighted by Gasteiger charge is 2.28. The van der Waals surface area contributed by atoms with Crippen LogP contribution < -0.4 is 10.6 Å². The zero-order chi connectivity index (χ0) is 23.4. The Hall–Kier alpha value is -3.12. The maximum atomic E-state index is 13.0. The molecule has 1 aliphatic heterocycles. The molecule has 1 aliphatic rings. The van der Waals surface area contributed by atoms with Crippen molar-refractivity contribution in [3.05, 3.63) is 71.7 Å². The van der Waals surface area contributed by atoms with E-state index < -0.39 is 0 Å². The van der Waals surface area contributed by atoms with E-state index in [-0.39, 0.29) is 17.6 Å². The summed E-state index contributed by atoms with van der Waals surface area (Å²) in [7, 11) is 0. The molecule has 0 unspecified atom stereocenters. The van der Waals surface area contributed by atoms with Crippen LogP contribution in [0, 0.1) is 0 Å². The fourth-order valence-corrected chi connectivity index (χ4v) is 4.92. The first-order valence-corrected chi connectivity index (χ1v) is 12.0. The quantitative estimate of drug-likeness (QED) is 0.508. The Balaban J connectivity index is 1.44. The van der Waals surface area contributed by atoms with E-state index in [1.807, 2.05) is 71.0 Å². The van der Waals surface area contributed by atoms with Gasteiger partial charge in [-0.3, -0.25) is 13.9 Å². The van der Waals surface area contributed by atoms with E-state index in [2.05, 4.69) is 18.4 Å². The Morgan fingerprint density at radius 3 is 2.27 bits per heavy atom. The lowest BCUT2D eigenvalue weighted by atomic mass is 10.0. The van der Waals surface area contributed by atoms with Crippen molar-refractivity contribution in [2.75, 3.05) is 24.5 Å². The largest absolute Gasteiger partial charge is 0.333 e. The van der Waals surface area contributed by atoms with Crippen molar-refractivity contribution in [1.29, 1.82) is 0 Å². The summed E-state index contributed by atoms with van der Waals surface area (Å²) in [6.07, 6.45) is 3.30. The van der Waals surface area contributed by atoms with Gasteiger partial charge in [-0.2, -0.15) is 0 Å². The Bertz CT molecular complexity index is 1170. The predicted octanol–water partition coefficient (Wildman–Crippen LogP) is 4.59. The van der Waals surface area contributed by atoms with Crippen molar-refractivity contribution in [1.82, 2.24) is 14.0 Å². The number of rotatable bonds is 8. The number of piperidine rings is 1. The molecule has 33 heavy (non-hydrogen) atoms. The third-order valence-corrected chi connectivity index (χ3v) is 6.55. The second kappa shape index (κ2) is 10.2. The summed E-state index contributed by atoms with van der Waals surface area (Å²) in [4.78, 5) is 30.4. The standard InChI is InChI=1S/C27H34N4O2/c1-4-10-26(32)31(22-11-6-5-7-12-22)23-15-17-28(18-16-23)19-20-29-24-13-8-9-14-25(24)30(21(2)3)27(29)33/h5-9,11-14,23H,2,4,10,15-20H2,1,3H3. The Morgan fingerprint density at radius 2 is 1.64 bits per heavy atom. The molecule has 0 bridgehead atoms. The number of likely N-dealkylation sites (tertiary alicyclic amines) is 1. The van der Waals surface area contributed by atoms with Crippen molar-refractivity contribution in [2.45, 2.75) is 52.1 Å². The maximum absolute atomic E-state index is 13.0. The van der Waals surface area contributed by atoms with Crippen LogP contribution in [-0.4, -0.2) is 45.6 Å². The third kappa shape index (κ3) is 4.81. The molecule has 1 amide bonds. The van der Waals surface area contributed by atoms with Gasteiger partial charge in [0.2, 0.25) is 5.91 Å². The van der Waals surface area contributed by atoms with Gasteiger partial charge in [0, 0.05) is 50.0 Å². The zero-order valence-electron chi connectivity index (χ0n) is 19.7. The van der Waals surface area contributed by atoms with Crippen molar-refractivity contribution < 1.29 is 4.79 Å². The van der Waals surface area contributed by atoms with E-state index in [0.717, 1.165) is 61.3 Å². The molecule has 1 fully saturated rings.